The summed E-state index contributed by atoms with van der Waals surface area (Å²) in [5, 5.41) is 5.44. The van der Waals surface area contributed by atoms with Crippen LogP contribution in [-0.4, -0.2) is 12.0 Å². The van der Waals surface area contributed by atoms with E-state index in [1.54, 1.807) is 17.5 Å². The van der Waals surface area contributed by atoms with Crippen LogP contribution in [0.2, 0.25) is 0 Å². The van der Waals surface area contributed by atoms with Crippen molar-refractivity contribution in [3.63, 3.8) is 0 Å². The topological polar surface area (TPSA) is 24.9 Å². The van der Waals surface area contributed by atoms with Crippen LogP contribution in [0.5, 0.6) is 0 Å². The molecule has 2 rings (SSSR count). The van der Waals surface area contributed by atoms with E-state index in [0.717, 1.165) is 10.9 Å². The lowest BCUT2D eigenvalue weighted by Gasteiger charge is -2.14. The highest BCUT2D eigenvalue weighted by molar-refractivity contribution is 9.10. The molecule has 0 aromatic carbocycles. The first kappa shape index (κ1) is 11.8. The maximum absolute atomic E-state index is 4.15. The number of halogens is 1. The van der Waals surface area contributed by atoms with E-state index in [-0.39, 0.29) is 0 Å². The summed E-state index contributed by atoms with van der Waals surface area (Å²) >= 11 is 5.26. The number of nitrogens with one attached hydrogen (secondary N) is 1. The molecule has 0 saturated heterocycles. The predicted molar refractivity (Wildman–Crippen MR) is 71.8 cm³/mol. The van der Waals surface area contributed by atoms with E-state index < -0.39 is 0 Å². The summed E-state index contributed by atoms with van der Waals surface area (Å²) < 4.78 is 1.16. The van der Waals surface area contributed by atoms with Crippen molar-refractivity contribution in [2.24, 2.45) is 0 Å². The van der Waals surface area contributed by atoms with Crippen molar-refractivity contribution >= 4 is 27.3 Å². The molecule has 2 heterocycles. The average Bonchev–Trinajstić information content (AvgIpc) is 2.73. The molecule has 0 amide bonds. The van der Waals surface area contributed by atoms with E-state index in [0.29, 0.717) is 6.04 Å². The Morgan fingerprint density at radius 1 is 1.56 bits per heavy atom. The van der Waals surface area contributed by atoms with Crippen molar-refractivity contribution in [2.45, 2.75) is 12.5 Å². The molecule has 16 heavy (non-hydrogen) atoms. The van der Waals surface area contributed by atoms with Gasteiger partial charge < -0.3 is 5.32 Å². The van der Waals surface area contributed by atoms with E-state index in [2.05, 4.69) is 43.7 Å². The van der Waals surface area contributed by atoms with Crippen LogP contribution in [0.1, 0.15) is 16.5 Å². The van der Waals surface area contributed by atoms with Crippen LogP contribution in [0.4, 0.5) is 0 Å². The van der Waals surface area contributed by atoms with Crippen molar-refractivity contribution in [3.8, 4) is 0 Å². The summed E-state index contributed by atoms with van der Waals surface area (Å²) in [5.41, 5.74) is 1.23. The molecule has 0 fully saturated rings. The smallest absolute Gasteiger partial charge is 0.0381 e. The quantitative estimate of drug-likeness (QED) is 0.935. The van der Waals surface area contributed by atoms with Crippen LogP contribution in [0.15, 0.2) is 40.4 Å². The summed E-state index contributed by atoms with van der Waals surface area (Å²) in [6, 6.07) is 6.59. The Morgan fingerprint density at radius 2 is 2.44 bits per heavy atom. The zero-order chi connectivity index (χ0) is 11.4. The zero-order valence-electron chi connectivity index (χ0n) is 8.98. The van der Waals surface area contributed by atoms with Gasteiger partial charge in [-0.1, -0.05) is 6.07 Å². The first-order valence-corrected chi connectivity index (χ1v) is 6.77. The van der Waals surface area contributed by atoms with Crippen LogP contribution in [-0.2, 0) is 6.42 Å². The third kappa shape index (κ3) is 2.90. The Labute approximate surface area is 108 Å². The van der Waals surface area contributed by atoms with Crippen molar-refractivity contribution in [2.75, 3.05) is 7.05 Å². The molecule has 0 saturated carbocycles. The van der Waals surface area contributed by atoms with Gasteiger partial charge in [0.1, 0.15) is 0 Å². The fourth-order valence-electron chi connectivity index (χ4n) is 1.63. The van der Waals surface area contributed by atoms with Crippen LogP contribution < -0.4 is 5.32 Å². The van der Waals surface area contributed by atoms with Crippen LogP contribution in [0.25, 0.3) is 0 Å². The summed E-state index contributed by atoms with van der Waals surface area (Å²) in [7, 11) is 1.99. The number of aromatic nitrogens is 1. The molecule has 1 N–H and O–H groups in total. The lowest BCUT2D eigenvalue weighted by Crippen LogP contribution is -2.18. The van der Waals surface area contributed by atoms with Gasteiger partial charge in [0.15, 0.2) is 0 Å². The molecule has 0 radical (unpaired) electrons. The number of thiophene rings is 1. The number of hydrogen-bond acceptors (Lipinski definition) is 3. The molecule has 1 atom stereocenters. The lowest BCUT2D eigenvalue weighted by molar-refractivity contribution is 0.594. The van der Waals surface area contributed by atoms with Crippen molar-refractivity contribution in [3.05, 3.63) is 50.9 Å². The van der Waals surface area contributed by atoms with Gasteiger partial charge in [-0.05, 0) is 40.7 Å². The van der Waals surface area contributed by atoms with Gasteiger partial charge in [-0.15, -0.1) is 11.3 Å². The minimum atomic E-state index is 0.333. The molecule has 4 heteroatoms. The number of rotatable bonds is 4. The van der Waals surface area contributed by atoms with Crippen molar-refractivity contribution < 1.29 is 0 Å². The first-order valence-electron chi connectivity index (χ1n) is 5.09. The summed E-state index contributed by atoms with van der Waals surface area (Å²) in [4.78, 5) is 5.52. The van der Waals surface area contributed by atoms with Crippen LogP contribution in [0.3, 0.4) is 0 Å². The molecular formula is C12H13BrN2S. The Morgan fingerprint density at radius 3 is 3.00 bits per heavy atom. The fourth-order valence-corrected chi connectivity index (χ4v) is 3.13. The molecule has 0 aliphatic heterocycles. The Bertz CT molecular complexity index is 441. The van der Waals surface area contributed by atoms with Gasteiger partial charge in [0.05, 0.1) is 0 Å². The summed E-state index contributed by atoms with van der Waals surface area (Å²) in [6.45, 7) is 0. The third-order valence-electron chi connectivity index (χ3n) is 2.46. The largest absolute Gasteiger partial charge is 0.313 e. The van der Waals surface area contributed by atoms with Gasteiger partial charge in [-0.25, -0.2) is 0 Å². The number of likely N-dealkylation sites (N-methyl/N-ethyl adjacent to an activating group) is 1. The normalized spacial score (nSPS) is 12.6. The Hall–Kier alpha value is -0.710. The van der Waals surface area contributed by atoms with Crippen molar-refractivity contribution in [1.82, 2.24) is 10.3 Å². The van der Waals surface area contributed by atoms with Crippen LogP contribution >= 0.6 is 27.3 Å². The molecule has 2 aromatic rings. The minimum Gasteiger partial charge on any atom is -0.313 e. The summed E-state index contributed by atoms with van der Waals surface area (Å²) in [5.74, 6) is 0. The molecular weight excluding hydrogens is 284 g/mol. The summed E-state index contributed by atoms with van der Waals surface area (Å²) in [6.07, 6.45) is 4.72. The highest BCUT2D eigenvalue weighted by atomic mass is 79.9. The second kappa shape index (κ2) is 5.57. The van der Waals surface area contributed by atoms with Crippen molar-refractivity contribution in [1.29, 1.82) is 0 Å². The number of nitrogens with zero attached hydrogens (tertiary/aromatic N) is 1. The Balaban J connectivity index is 2.12. The number of pyridine rings is 1. The maximum atomic E-state index is 4.15. The highest BCUT2D eigenvalue weighted by Crippen LogP contribution is 2.25. The van der Waals surface area contributed by atoms with Gasteiger partial charge in [-0.3, -0.25) is 4.98 Å². The van der Waals surface area contributed by atoms with Gasteiger partial charge >= 0.3 is 0 Å². The lowest BCUT2D eigenvalue weighted by atomic mass is 10.1. The average molecular weight is 297 g/mol. The predicted octanol–water partition coefficient (Wildman–Crippen LogP) is 3.41. The fraction of sp³-hybridized carbons (Fsp3) is 0.250. The third-order valence-corrected chi connectivity index (χ3v) is 4.18. The number of hydrogen-bond donors (Lipinski definition) is 1. The van der Waals surface area contributed by atoms with Gasteiger partial charge in [0, 0.05) is 39.6 Å². The minimum absolute atomic E-state index is 0.333. The second-order valence-corrected chi connectivity index (χ2v) is 5.47. The van der Waals surface area contributed by atoms with Crippen LogP contribution in [0, 0.1) is 0 Å². The zero-order valence-corrected chi connectivity index (χ0v) is 11.4. The van der Waals surface area contributed by atoms with E-state index in [1.165, 1.54) is 10.4 Å². The second-order valence-electron chi connectivity index (χ2n) is 3.56. The first-order chi connectivity index (χ1) is 7.79. The van der Waals surface area contributed by atoms with E-state index in [9.17, 15) is 0 Å². The maximum Gasteiger partial charge on any atom is 0.0381 e. The molecule has 2 aromatic heterocycles. The molecule has 0 aliphatic rings. The molecule has 1 unspecified atom stereocenters. The van der Waals surface area contributed by atoms with Gasteiger partial charge in [-0.2, -0.15) is 0 Å². The monoisotopic (exact) mass is 296 g/mol. The van der Waals surface area contributed by atoms with E-state index >= 15 is 0 Å². The molecule has 0 bridgehead atoms. The van der Waals surface area contributed by atoms with E-state index in [1.807, 2.05) is 19.3 Å². The van der Waals surface area contributed by atoms with Gasteiger partial charge in [0.2, 0.25) is 0 Å². The SMILES string of the molecule is CNC(Cc1cc(Br)cs1)c1cccnc1. The standard InChI is InChI=1S/C12H13BrN2S/c1-14-12(9-3-2-4-15-7-9)6-11-5-10(13)8-16-11/h2-5,7-8,12,14H,6H2,1H3. The molecule has 0 aliphatic carbocycles. The van der Waals surface area contributed by atoms with E-state index in [4.69, 9.17) is 0 Å². The highest BCUT2D eigenvalue weighted by Gasteiger charge is 2.11. The molecule has 84 valence electrons. The molecule has 0 spiro atoms. The molecule has 2 nitrogen and oxygen atoms in total. The van der Waals surface area contributed by atoms with Gasteiger partial charge in [0.25, 0.3) is 0 Å². The Kier molecular flexibility index (Phi) is 4.09.